The summed E-state index contributed by atoms with van der Waals surface area (Å²) in [5.74, 6) is 0. The average molecular weight is 232 g/mol. The summed E-state index contributed by atoms with van der Waals surface area (Å²) in [6.45, 7) is 6.84. The smallest absolute Gasteiger partial charge is 0.00923 e. The van der Waals surface area contributed by atoms with Gasteiger partial charge in [-0.05, 0) is 44.3 Å². The predicted octanol–water partition coefficient (Wildman–Crippen LogP) is 5.96. The lowest BCUT2D eigenvalue weighted by Crippen LogP contribution is -1.94. The van der Waals surface area contributed by atoms with Gasteiger partial charge in [0.05, 0.1) is 0 Å². The molecule has 0 spiro atoms. The molecule has 0 heteroatoms. The zero-order valence-electron chi connectivity index (χ0n) is 11.9. The van der Waals surface area contributed by atoms with Gasteiger partial charge in [-0.15, -0.1) is 0 Å². The molecular formula is C17H28. The van der Waals surface area contributed by atoms with Crippen molar-refractivity contribution >= 4 is 0 Å². The minimum absolute atomic E-state index is 1.14. The molecule has 1 aliphatic rings. The van der Waals surface area contributed by atoms with Crippen LogP contribution in [0.1, 0.15) is 72.1 Å². The molecule has 17 heavy (non-hydrogen) atoms. The third-order valence-corrected chi connectivity index (χ3v) is 3.70. The first-order valence-corrected chi connectivity index (χ1v) is 7.28. The Bertz CT molecular complexity index is 302. The van der Waals surface area contributed by atoms with Gasteiger partial charge in [0.15, 0.2) is 0 Å². The summed E-state index contributed by atoms with van der Waals surface area (Å²) in [4.78, 5) is 0. The molecule has 0 radical (unpaired) electrons. The van der Waals surface area contributed by atoms with Gasteiger partial charge in [0.25, 0.3) is 0 Å². The van der Waals surface area contributed by atoms with Crippen molar-refractivity contribution < 1.29 is 0 Å². The van der Waals surface area contributed by atoms with Crippen molar-refractivity contribution in [2.75, 3.05) is 0 Å². The largest absolute Gasteiger partial charge is 0.0801 e. The van der Waals surface area contributed by atoms with E-state index in [0.29, 0.717) is 0 Å². The lowest BCUT2D eigenvalue weighted by atomic mass is 9.92. The molecule has 0 aliphatic heterocycles. The quantitative estimate of drug-likeness (QED) is 0.475. The standard InChI is InChI=1S/C17H28/c1-4-5-6-7-8-9-12-15(2)17-14-11-10-13-16(17)3/h10-11,13H,4-9,12,14H2,1-3H3. The molecule has 0 bridgehead atoms. The Morgan fingerprint density at radius 1 is 1.12 bits per heavy atom. The van der Waals surface area contributed by atoms with E-state index in [2.05, 4.69) is 39.0 Å². The third-order valence-electron chi connectivity index (χ3n) is 3.70. The van der Waals surface area contributed by atoms with E-state index in [1.54, 1.807) is 11.1 Å². The highest BCUT2D eigenvalue weighted by Gasteiger charge is 2.05. The van der Waals surface area contributed by atoms with Gasteiger partial charge in [-0.2, -0.15) is 0 Å². The Balaban J connectivity index is 2.25. The van der Waals surface area contributed by atoms with Gasteiger partial charge in [0.1, 0.15) is 0 Å². The summed E-state index contributed by atoms with van der Waals surface area (Å²) in [6.07, 6.45) is 17.5. The monoisotopic (exact) mass is 232 g/mol. The lowest BCUT2D eigenvalue weighted by Gasteiger charge is -2.14. The van der Waals surface area contributed by atoms with Crippen molar-refractivity contribution in [2.45, 2.75) is 72.1 Å². The molecule has 1 rings (SSSR count). The maximum atomic E-state index is 2.32. The van der Waals surface area contributed by atoms with Crippen molar-refractivity contribution in [1.82, 2.24) is 0 Å². The first-order valence-electron chi connectivity index (χ1n) is 7.28. The topological polar surface area (TPSA) is 0 Å². The predicted molar refractivity (Wildman–Crippen MR) is 78.2 cm³/mol. The van der Waals surface area contributed by atoms with Crippen LogP contribution in [0.3, 0.4) is 0 Å². The lowest BCUT2D eigenvalue weighted by molar-refractivity contribution is 0.605. The summed E-state index contributed by atoms with van der Waals surface area (Å²) in [5.41, 5.74) is 4.66. The molecule has 0 amide bonds. The molecule has 96 valence electrons. The van der Waals surface area contributed by atoms with Crippen LogP contribution in [0.5, 0.6) is 0 Å². The second kappa shape index (κ2) is 8.33. The molecular weight excluding hydrogens is 204 g/mol. The number of rotatable bonds is 7. The molecule has 0 N–H and O–H groups in total. The minimum Gasteiger partial charge on any atom is -0.0801 e. The number of unbranched alkanes of at least 4 members (excludes halogenated alkanes) is 5. The van der Waals surface area contributed by atoms with Crippen molar-refractivity contribution in [2.24, 2.45) is 0 Å². The summed E-state index contributed by atoms with van der Waals surface area (Å²) >= 11 is 0. The van der Waals surface area contributed by atoms with Gasteiger partial charge >= 0.3 is 0 Å². The normalized spacial score (nSPS) is 18.2. The molecule has 0 atom stereocenters. The summed E-state index contributed by atoms with van der Waals surface area (Å²) in [7, 11) is 0. The second-order valence-electron chi connectivity index (χ2n) is 5.26. The van der Waals surface area contributed by atoms with Crippen molar-refractivity contribution in [3.8, 4) is 0 Å². The van der Waals surface area contributed by atoms with Crippen LogP contribution in [0.2, 0.25) is 0 Å². The molecule has 0 saturated carbocycles. The van der Waals surface area contributed by atoms with Crippen molar-refractivity contribution in [1.29, 1.82) is 0 Å². The highest BCUT2D eigenvalue weighted by atomic mass is 14.1. The van der Waals surface area contributed by atoms with Crippen LogP contribution in [0.15, 0.2) is 34.9 Å². The van der Waals surface area contributed by atoms with E-state index in [1.807, 2.05) is 0 Å². The van der Waals surface area contributed by atoms with E-state index < -0.39 is 0 Å². The first kappa shape index (κ1) is 14.3. The molecule has 0 aromatic rings. The fourth-order valence-corrected chi connectivity index (χ4v) is 2.49. The Morgan fingerprint density at radius 2 is 1.82 bits per heavy atom. The van der Waals surface area contributed by atoms with Crippen molar-refractivity contribution in [3.63, 3.8) is 0 Å². The third kappa shape index (κ3) is 5.39. The fraction of sp³-hybridized carbons (Fsp3) is 0.647. The molecule has 0 heterocycles. The van der Waals surface area contributed by atoms with Gasteiger partial charge < -0.3 is 0 Å². The maximum absolute atomic E-state index is 2.32. The van der Waals surface area contributed by atoms with Crippen LogP contribution in [-0.2, 0) is 0 Å². The molecule has 0 nitrogen and oxygen atoms in total. The minimum atomic E-state index is 1.14. The van der Waals surface area contributed by atoms with Crippen molar-refractivity contribution in [3.05, 3.63) is 34.9 Å². The van der Waals surface area contributed by atoms with E-state index >= 15 is 0 Å². The van der Waals surface area contributed by atoms with E-state index in [-0.39, 0.29) is 0 Å². The fourth-order valence-electron chi connectivity index (χ4n) is 2.49. The molecule has 1 aliphatic carbocycles. The second-order valence-corrected chi connectivity index (χ2v) is 5.26. The van der Waals surface area contributed by atoms with Gasteiger partial charge in [-0.25, -0.2) is 0 Å². The Labute approximate surface area is 108 Å². The first-order chi connectivity index (χ1) is 8.25. The van der Waals surface area contributed by atoms with E-state index in [1.165, 1.54) is 50.5 Å². The molecule has 0 aromatic heterocycles. The number of hydrogen-bond donors (Lipinski definition) is 0. The van der Waals surface area contributed by atoms with Crippen LogP contribution in [0.4, 0.5) is 0 Å². The van der Waals surface area contributed by atoms with Crippen LogP contribution in [0, 0.1) is 0 Å². The summed E-state index contributed by atoms with van der Waals surface area (Å²) in [5, 5.41) is 0. The number of hydrogen-bond acceptors (Lipinski definition) is 0. The van der Waals surface area contributed by atoms with E-state index in [0.717, 1.165) is 6.42 Å². The zero-order chi connectivity index (χ0) is 12.5. The van der Waals surface area contributed by atoms with Gasteiger partial charge in [-0.3, -0.25) is 0 Å². The van der Waals surface area contributed by atoms with Crippen LogP contribution in [-0.4, -0.2) is 0 Å². The van der Waals surface area contributed by atoms with E-state index in [4.69, 9.17) is 0 Å². The Kier molecular flexibility index (Phi) is 7.00. The highest BCUT2D eigenvalue weighted by Crippen LogP contribution is 2.25. The maximum Gasteiger partial charge on any atom is -0.00923 e. The van der Waals surface area contributed by atoms with Crippen LogP contribution < -0.4 is 0 Å². The van der Waals surface area contributed by atoms with Gasteiger partial charge in [-0.1, -0.05) is 62.8 Å². The average Bonchev–Trinajstić information content (AvgIpc) is 2.34. The summed E-state index contributed by atoms with van der Waals surface area (Å²) < 4.78 is 0. The molecule has 0 saturated heterocycles. The molecule has 0 fully saturated rings. The Morgan fingerprint density at radius 3 is 2.53 bits per heavy atom. The van der Waals surface area contributed by atoms with Gasteiger partial charge in [0.2, 0.25) is 0 Å². The molecule has 0 unspecified atom stereocenters. The van der Waals surface area contributed by atoms with Crippen LogP contribution >= 0.6 is 0 Å². The number of allylic oxidation sites excluding steroid dienone is 6. The van der Waals surface area contributed by atoms with Gasteiger partial charge in [0, 0.05) is 0 Å². The molecule has 0 aromatic carbocycles. The highest BCUT2D eigenvalue weighted by molar-refractivity contribution is 5.40. The Hall–Kier alpha value is -0.780. The SMILES string of the molecule is CCCCCCCCC(C)=C1CC=CC=C1C. The van der Waals surface area contributed by atoms with Crippen LogP contribution in [0.25, 0.3) is 0 Å². The summed E-state index contributed by atoms with van der Waals surface area (Å²) in [6, 6.07) is 0. The van der Waals surface area contributed by atoms with E-state index in [9.17, 15) is 0 Å². The zero-order valence-corrected chi connectivity index (χ0v) is 11.9.